The van der Waals surface area contributed by atoms with E-state index in [-0.39, 0.29) is 29.8 Å². The van der Waals surface area contributed by atoms with Crippen molar-refractivity contribution in [2.45, 2.75) is 13.0 Å². The van der Waals surface area contributed by atoms with Crippen LogP contribution in [0.4, 0.5) is 10.1 Å². The molecule has 0 aliphatic carbocycles. The molecule has 1 aliphatic heterocycles. The number of nitrogens with zero attached hydrogens (tertiary/aromatic N) is 2. The molecule has 0 atom stereocenters. The number of aromatic nitrogens is 1. The number of rotatable bonds is 6. The highest BCUT2D eigenvalue weighted by molar-refractivity contribution is 14.0. The quantitative estimate of drug-likeness (QED) is 0.198. The summed E-state index contributed by atoms with van der Waals surface area (Å²) in [5.74, 6) is 0.544. The molecule has 0 saturated heterocycles. The molecule has 0 radical (unpaired) electrons. The molecule has 0 fully saturated rings. The van der Waals surface area contributed by atoms with Crippen LogP contribution in [0.15, 0.2) is 65.8 Å². The van der Waals surface area contributed by atoms with E-state index in [0.29, 0.717) is 6.54 Å². The van der Waals surface area contributed by atoms with Gasteiger partial charge >= 0.3 is 0 Å². The number of benzene rings is 2. The zero-order valence-electron chi connectivity index (χ0n) is 17.0. The normalized spacial score (nSPS) is 13.5. The Morgan fingerprint density at radius 2 is 1.97 bits per heavy atom. The molecule has 0 amide bonds. The Morgan fingerprint density at radius 3 is 2.77 bits per heavy atom. The van der Waals surface area contributed by atoms with Gasteiger partial charge in [-0.15, -0.1) is 24.0 Å². The van der Waals surface area contributed by atoms with Gasteiger partial charge in [-0.25, -0.2) is 4.39 Å². The zero-order valence-corrected chi connectivity index (χ0v) is 19.3. The first-order valence-electron chi connectivity index (χ1n) is 9.92. The molecule has 0 bridgehead atoms. The van der Waals surface area contributed by atoms with E-state index in [1.165, 1.54) is 23.4 Å². The van der Waals surface area contributed by atoms with Gasteiger partial charge in [0.2, 0.25) is 0 Å². The lowest BCUT2D eigenvalue weighted by atomic mass is 10.1. The van der Waals surface area contributed by atoms with Crippen molar-refractivity contribution in [3.63, 3.8) is 0 Å². The van der Waals surface area contributed by atoms with E-state index in [9.17, 15) is 4.39 Å². The topological polar surface area (TPSA) is 55.5 Å². The Hall–Kier alpha value is -2.55. The van der Waals surface area contributed by atoms with E-state index in [0.717, 1.165) is 48.5 Å². The fourth-order valence-electron chi connectivity index (χ4n) is 3.64. The van der Waals surface area contributed by atoms with Crippen LogP contribution in [-0.4, -0.2) is 37.6 Å². The maximum absolute atomic E-state index is 13.3. The SMILES string of the molecule is CN=C(NCCc1c[nH]c2cc(F)ccc12)NCc1cccc(N2CC=CC2)c1.I. The highest BCUT2D eigenvalue weighted by Crippen LogP contribution is 2.20. The van der Waals surface area contributed by atoms with Gasteiger partial charge in [-0.05, 0) is 47.9 Å². The molecule has 1 aliphatic rings. The van der Waals surface area contributed by atoms with E-state index in [1.807, 2.05) is 12.3 Å². The van der Waals surface area contributed by atoms with Gasteiger partial charge in [0, 0.05) is 56.0 Å². The van der Waals surface area contributed by atoms with Crippen molar-refractivity contribution in [1.29, 1.82) is 0 Å². The minimum Gasteiger partial charge on any atom is -0.364 e. The lowest BCUT2D eigenvalue weighted by Crippen LogP contribution is -2.37. The lowest BCUT2D eigenvalue weighted by Gasteiger charge is -2.19. The number of anilines is 1. The predicted molar refractivity (Wildman–Crippen MR) is 133 cm³/mol. The van der Waals surface area contributed by atoms with E-state index < -0.39 is 0 Å². The highest BCUT2D eigenvalue weighted by Gasteiger charge is 2.08. The fourth-order valence-corrected chi connectivity index (χ4v) is 3.64. The van der Waals surface area contributed by atoms with Crippen LogP contribution in [-0.2, 0) is 13.0 Å². The van der Waals surface area contributed by atoms with Crippen LogP contribution in [0.1, 0.15) is 11.1 Å². The van der Waals surface area contributed by atoms with Crippen molar-refractivity contribution in [1.82, 2.24) is 15.6 Å². The lowest BCUT2D eigenvalue weighted by molar-refractivity contribution is 0.629. The van der Waals surface area contributed by atoms with Gasteiger partial charge in [-0.3, -0.25) is 4.99 Å². The van der Waals surface area contributed by atoms with Crippen molar-refractivity contribution in [3.8, 4) is 0 Å². The first-order valence-corrected chi connectivity index (χ1v) is 9.92. The molecule has 0 saturated carbocycles. The number of hydrogen-bond acceptors (Lipinski definition) is 2. The van der Waals surface area contributed by atoms with Gasteiger partial charge in [-0.1, -0.05) is 24.3 Å². The summed E-state index contributed by atoms with van der Waals surface area (Å²) in [6.07, 6.45) is 7.16. The van der Waals surface area contributed by atoms with Crippen LogP contribution in [0, 0.1) is 5.82 Å². The van der Waals surface area contributed by atoms with Crippen molar-refractivity contribution in [2.75, 3.05) is 31.6 Å². The minimum atomic E-state index is -0.223. The van der Waals surface area contributed by atoms with E-state index in [4.69, 9.17) is 0 Å². The van der Waals surface area contributed by atoms with Crippen molar-refractivity contribution >= 4 is 46.5 Å². The van der Waals surface area contributed by atoms with Crippen molar-refractivity contribution in [2.24, 2.45) is 4.99 Å². The summed E-state index contributed by atoms with van der Waals surface area (Å²) in [4.78, 5) is 9.78. The molecule has 4 rings (SSSR count). The number of fused-ring (bicyclic) bond motifs is 1. The number of guanidine groups is 1. The third kappa shape index (κ3) is 5.33. The molecule has 1 aromatic heterocycles. The average molecular weight is 519 g/mol. The third-order valence-corrected chi connectivity index (χ3v) is 5.19. The van der Waals surface area contributed by atoms with Gasteiger partial charge in [0.1, 0.15) is 5.82 Å². The second-order valence-corrected chi connectivity index (χ2v) is 7.15. The largest absolute Gasteiger partial charge is 0.364 e. The second-order valence-electron chi connectivity index (χ2n) is 7.15. The molecule has 7 heteroatoms. The first-order chi connectivity index (χ1) is 14.2. The number of halogens is 2. The number of hydrogen-bond donors (Lipinski definition) is 3. The summed E-state index contributed by atoms with van der Waals surface area (Å²) in [5, 5.41) is 7.79. The molecule has 3 aromatic rings. The van der Waals surface area contributed by atoms with Gasteiger partial charge in [-0.2, -0.15) is 0 Å². The monoisotopic (exact) mass is 519 g/mol. The van der Waals surface area contributed by atoms with Crippen molar-refractivity contribution in [3.05, 3.63) is 77.8 Å². The van der Waals surface area contributed by atoms with Crippen LogP contribution in [0.3, 0.4) is 0 Å². The van der Waals surface area contributed by atoms with Gasteiger partial charge in [0.25, 0.3) is 0 Å². The summed E-state index contributed by atoms with van der Waals surface area (Å²) in [5.41, 5.74) is 4.45. The first kappa shape index (κ1) is 22.1. The Labute approximate surface area is 193 Å². The molecule has 158 valence electrons. The summed E-state index contributed by atoms with van der Waals surface area (Å²) in [6, 6.07) is 13.4. The van der Waals surface area contributed by atoms with E-state index >= 15 is 0 Å². The molecular weight excluding hydrogens is 492 g/mol. The molecule has 0 unspecified atom stereocenters. The Bertz CT molecular complexity index is 1040. The number of nitrogens with one attached hydrogen (secondary N) is 3. The minimum absolute atomic E-state index is 0. The molecule has 2 aromatic carbocycles. The van der Waals surface area contributed by atoms with E-state index in [2.05, 4.69) is 61.9 Å². The van der Waals surface area contributed by atoms with Gasteiger partial charge in [0.15, 0.2) is 5.96 Å². The second kappa shape index (κ2) is 10.5. The average Bonchev–Trinajstić information content (AvgIpc) is 3.41. The third-order valence-electron chi connectivity index (χ3n) is 5.19. The maximum atomic E-state index is 13.3. The predicted octanol–water partition coefficient (Wildman–Crippen LogP) is 4.21. The fraction of sp³-hybridized carbons (Fsp3) is 0.261. The standard InChI is InChI=1S/C23H26FN5.HI/c1-25-23(26-10-9-18-16-27-22-14-19(24)7-8-21(18)22)28-15-17-5-4-6-20(13-17)29-11-2-3-12-29;/h2-8,13-14,16,27H,9-12,15H2,1H3,(H2,25,26,28);1H. The van der Waals surface area contributed by atoms with Crippen LogP contribution in [0.2, 0.25) is 0 Å². The molecule has 2 heterocycles. The Balaban J connectivity index is 0.00000256. The zero-order chi connectivity index (χ0) is 20.1. The number of aliphatic imine (C=N–C) groups is 1. The smallest absolute Gasteiger partial charge is 0.191 e. The summed E-state index contributed by atoms with van der Waals surface area (Å²) in [7, 11) is 1.77. The van der Waals surface area contributed by atoms with Crippen LogP contribution in [0.5, 0.6) is 0 Å². The van der Waals surface area contributed by atoms with Gasteiger partial charge in [0.05, 0.1) is 0 Å². The summed E-state index contributed by atoms with van der Waals surface area (Å²) >= 11 is 0. The Morgan fingerprint density at radius 1 is 1.13 bits per heavy atom. The van der Waals surface area contributed by atoms with Gasteiger partial charge < -0.3 is 20.5 Å². The molecule has 5 nitrogen and oxygen atoms in total. The maximum Gasteiger partial charge on any atom is 0.191 e. The van der Waals surface area contributed by atoms with Crippen LogP contribution >= 0.6 is 24.0 Å². The molecule has 3 N–H and O–H groups in total. The van der Waals surface area contributed by atoms with Crippen LogP contribution in [0.25, 0.3) is 10.9 Å². The Kier molecular flexibility index (Phi) is 7.73. The van der Waals surface area contributed by atoms with Crippen molar-refractivity contribution < 1.29 is 4.39 Å². The molecular formula is C23H27FIN5. The van der Waals surface area contributed by atoms with Crippen LogP contribution < -0.4 is 15.5 Å². The molecule has 30 heavy (non-hydrogen) atoms. The van der Waals surface area contributed by atoms with E-state index in [1.54, 1.807) is 7.05 Å². The number of aromatic amines is 1. The summed E-state index contributed by atoms with van der Waals surface area (Å²) in [6.45, 7) is 3.39. The number of H-pyrrole nitrogens is 1. The highest BCUT2D eigenvalue weighted by atomic mass is 127. The molecule has 0 spiro atoms. The summed E-state index contributed by atoms with van der Waals surface area (Å²) < 4.78 is 13.3.